The highest BCUT2D eigenvalue weighted by Gasteiger charge is 2.44. The standard InChI is InChI=1S/C58H85N19O16S4/c1-27(2)14-35-51(87)74-40-24-97-95-23-39(49(85)65-19-44(81)68-36(15-29-7-9-31(78)10-8-29)52(88)69-33(50(86)70-35)6-5-13-63-58(60)61)73-54(90)41(75-56(92)46(28(3)4)76-45(82)20-64-48(84)34-11-12-43(80)67-34)25-96-94-22-38(47(59)83)72-55(91)42-17-32(79)21-77(42)57(93)37(71-53(40)89)16-30-18-62-26-66-30/h7-10,18,26-28,32-42,46,78-79H,5-6,11-17,19-25H2,1-4H3,(H2,59,83)(H,62,66)(H,64,84)(H,65,85)(H,67,80)(H,68,81)(H,69,88)(H,70,86)(H,71,89)(H,72,91)(H,73,90)(H,74,87)(H,75,92)(H,76,82)(H4,60,61,63)/t32-,33+,34+,35+,36+,37+,38+,39+,40+,41+,42+,46+/m1/s1. The van der Waals surface area contributed by atoms with Gasteiger partial charge in [0.15, 0.2) is 5.96 Å². The third-order valence-electron chi connectivity index (χ3n) is 15.5. The number of fused-ring (bicyclic) bond motifs is 6. The van der Waals surface area contributed by atoms with Crippen molar-refractivity contribution in [3.05, 3.63) is 48.0 Å². The number of aliphatic hydroxyl groups excluding tert-OH is 1. The predicted octanol–water partition coefficient (Wildman–Crippen LogP) is -6.23. The number of aromatic nitrogens is 2. The van der Waals surface area contributed by atoms with Crippen LogP contribution in [0.2, 0.25) is 0 Å². The van der Waals surface area contributed by atoms with Crippen molar-refractivity contribution in [3.8, 4) is 5.75 Å². The number of benzene rings is 1. The summed E-state index contributed by atoms with van der Waals surface area (Å²) in [5.41, 5.74) is 17.7. The van der Waals surface area contributed by atoms with Crippen molar-refractivity contribution in [2.24, 2.45) is 34.0 Å². The maximum absolute atomic E-state index is 15.0. The Balaban J connectivity index is 1.42. The Hall–Kier alpha value is -8.56. The van der Waals surface area contributed by atoms with Gasteiger partial charge in [-0.15, -0.1) is 0 Å². The molecule has 97 heavy (non-hydrogen) atoms. The zero-order chi connectivity index (χ0) is 71.0. The maximum Gasteiger partial charge on any atom is 0.246 e. The Morgan fingerprint density at radius 1 is 0.701 bits per heavy atom. The first-order chi connectivity index (χ1) is 46.0. The van der Waals surface area contributed by atoms with Crippen molar-refractivity contribution in [2.45, 2.75) is 152 Å². The molecule has 0 spiro atoms. The first-order valence-corrected chi connectivity index (χ1v) is 36.2. The lowest BCUT2D eigenvalue weighted by Gasteiger charge is -2.31. The number of nitrogens with two attached hydrogens (primary N) is 3. The lowest BCUT2D eigenvalue weighted by Crippen LogP contribution is -2.61. The lowest BCUT2D eigenvalue weighted by atomic mass is 10.0. The zero-order valence-electron chi connectivity index (χ0n) is 53.7. The second-order valence-electron chi connectivity index (χ2n) is 24.1. The normalized spacial score (nSPS) is 26.0. The Morgan fingerprint density at radius 3 is 1.98 bits per heavy atom. The number of H-pyrrole nitrogens is 1. The molecule has 0 aliphatic carbocycles. The SMILES string of the molecule is CC(C)C[C@@H]1NC(=O)[C@H](CCCN=C(N)N)NC(=O)[C@H](Cc2ccc(O)cc2)NC(=O)CNC(=O)[C@@H]2CSSC[C@H](NC1=O)C(=O)N[C@@H](Cc1cnc[nH]1)C(=O)N1C[C@H](O)C[C@H]1C(=O)N[C@H](C(N)=O)CSSC[C@H](NC(=O)[C@@H](NC(=O)CNC(=O)[C@@H]1CCC(=O)N1)C(C)C)C(=O)N2. The summed E-state index contributed by atoms with van der Waals surface area (Å²) in [7, 11) is 3.61. The minimum absolute atomic E-state index is 0.00895. The van der Waals surface area contributed by atoms with Crippen LogP contribution in [0.3, 0.4) is 0 Å². The molecular weight excluding hydrogens is 1350 g/mol. The third-order valence-corrected chi connectivity index (χ3v) is 20.3. The predicted molar refractivity (Wildman–Crippen MR) is 358 cm³/mol. The molecule has 0 unspecified atom stereocenters. The van der Waals surface area contributed by atoms with E-state index in [2.05, 4.69) is 78.8 Å². The monoisotopic (exact) mass is 1430 g/mol. The van der Waals surface area contributed by atoms with Gasteiger partial charge < -0.3 is 101 Å². The van der Waals surface area contributed by atoms with Crippen molar-refractivity contribution in [3.63, 3.8) is 0 Å². The van der Waals surface area contributed by atoms with Crippen LogP contribution < -0.4 is 81.0 Å². The minimum atomic E-state index is -1.62. The molecule has 14 amide bonds. The van der Waals surface area contributed by atoms with E-state index >= 15 is 4.79 Å². The molecule has 4 aliphatic heterocycles. The average molecular weight is 1430 g/mol. The number of phenols is 1. The maximum atomic E-state index is 15.0. The number of carbonyl (C=O) groups is 14. The highest BCUT2D eigenvalue weighted by Crippen LogP contribution is 2.27. The second kappa shape index (κ2) is 37.8. The topological polar surface area (TPSA) is 546 Å². The molecule has 6 rings (SSSR count). The fourth-order valence-electron chi connectivity index (χ4n) is 10.4. The molecule has 39 heteroatoms. The van der Waals surface area contributed by atoms with Gasteiger partial charge in [-0.05, 0) is 55.2 Å². The number of amides is 14. The van der Waals surface area contributed by atoms with Crippen molar-refractivity contribution in [1.29, 1.82) is 0 Å². The molecule has 532 valence electrons. The Kier molecular flexibility index (Phi) is 30.2. The lowest BCUT2D eigenvalue weighted by molar-refractivity contribution is -0.142. The van der Waals surface area contributed by atoms with E-state index in [9.17, 15) is 72.5 Å². The summed E-state index contributed by atoms with van der Waals surface area (Å²) in [6.45, 7) is 4.81. The fraction of sp³-hybridized carbons (Fsp3) is 0.586. The molecule has 0 saturated carbocycles. The zero-order valence-corrected chi connectivity index (χ0v) is 56.9. The number of guanidine groups is 1. The number of aliphatic hydroxyl groups is 1. The molecule has 35 nitrogen and oxygen atoms in total. The van der Waals surface area contributed by atoms with Crippen LogP contribution in [0, 0.1) is 11.8 Å². The van der Waals surface area contributed by atoms with E-state index in [0.717, 1.165) is 48.1 Å². The largest absolute Gasteiger partial charge is 0.508 e. The number of nitrogens with one attached hydrogen (secondary N) is 13. The van der Waals surface area contributed by atoms with Gasteiger partial charge in [-0.2, -0.15) is 0 Å². The first-order valence-electron chi connectivity index (χ1n) is 31.2. The number of aromatic amines is 1. The molecule has 2 bridgehead atoms. The van der Waals surface area contributed by atoms with Crippen molar-refractivity contribution in [2.75, 3.05) is 49.2 Å². The van der Waals surface area contributed by atoms with Gasteiger partial charge in [-0.1, -0.05) is 83.0 Å². The molecular formula is C58H85N19O16S4. The van der Waals surface area contributed by atoms with Gasteiger partial charge in [0.2, 0.25) is 82.7 Å². The van der Waals surface area contributed by atoms with Crippen LogP contribution in [-0.2, 0) is 80.0 Å². The van der Waals surface area contributed by atoms with Crippen LogP contribution in [-0.4, -0.2) is 235 Å². The van der Waals surface area contributed by atoms with E-state index in [0.29, 0.717) is 11.3 Å². The summed E-state index contributed by atoms with van der Waals surface area (Å²) in [6, 6.07) is -10.3. The van der Waals surface area contributed by atoms with Crippen molar-refractivity contribution < 1.29 is 77.3 Å². The van der Waals surface area contributed by atoms with Crippen molar-refractivity contribution in [1.82, 2.24) is 78.7 Å². The summed E-state index contributed by atoms with van der Waals surface area (Å²) in [4.78, 5) is 209. The van der Waals surface area contributed by atoms with E-state index in [1.54, 1.807) is 27.7 Å². The second-order valence-corrected chi connectivity index (χ2v) is 29.2. The number of aromatic hydroxyl groups is 1. The molecule has 4 aliphatic rings. The number of phenolic OH excluding ortho intramolecular Hbond substituents is 1. The van der Waals surface area contributed by atoms with Crippen LogP contribution in [0.1, 0.15) is 77.5 Å². The van der Waals surface area contributed by atoms with Gasteiger partial charge in [0.05, 0.1) is 25.5 Å². The molecule has 1 aromatic carbocycles. The van der Waals surface area contributed by atoms with Gasteiger partial charge in [0, 0.05) is 73.7 Å². The van der Waals surface area contributed by atoms with Crippen LogP contribution >= 0.6 is 43.2 Å². The Bertz CT molecular complexity index is 3200. The van der Waals surface area contributed by atoms with E-state index in [1.807, 2.05) is 0 Å². The quantitative estimate of drug-likeness (QED) is 0.0286. The van der Waals surface area contributed by atoms with Gasteiger partial charge in [0.1, 0.15) is 72.2 Å². The summed E-state index contributed by atoms with van der Waals surface area (Å²) in [6.07, 6.45) is 0.796. The Morgan fingerprint density at radius 2 is 1.34 bits per heavy atom. The molecule has 21 N–H and O–H groups in total. The highest BCUT2D eigenvalue weighted by atomic mass is 33.1. The van der Waals surface area contributed by atoms with E-state index < -0.39 is 175 Å². The molecule has 12 atom stereocenters. The Labute approximate surface area is 573 Å². The first kappa shape index (κ1) is 77.4. The van der Waals surface area contributed by atoms with Crippen LogP contribution in [0.25, 0.3) is 0 Å². The van der Waals surface area contributed by atoms with Crippen LogP contribution in [0.15, 0.2) is 41.8 Å². The molecule has 2 aromatic rings. The number of rotatable bonds is 18. The molecule has 1 aromatic heterocycles. The molecule has 4 saturated heterocycles. The summed E-state index contributed by atoms with van der Waals surface area (Å²) in [5, 5.41) is 52.2. The number of hydrogen-bond acceptors (Lipinski definition) is 22. The number of primary amides is 1. The van der Waals surface area contributed by atoms with Crippen LogP contribution in [0.4, 0.5) is 0 Å². The smallest absolute Gasteiger partial charge is 0.246 e. The van der Waals surface area contributed by atoms with Gasteiger partial charge >= 0.3 is 0 Å². The number of carbonyl (C=O) groups excluding carboxylic acids is 14. The summed E-state index contributed by atoms with van der Waals surface area (Å²) < 4.78 is 0. The summed E-state index contributed by atoms with van der Waals surface area (Å²) >= 11 is 0. The molecule has 5 heterocycles. The number of aliphatic imine (C=N–C) groups is 1. The average Bonchev–Trinajstić information content (AvgIpc) is 1.72. The van der Waals surface area contributed by atoms with E-state index in [-0.39, 0.29) is 104 Å². The van der Waals surface area contributed by atoms with E-state index in [1.165, 1.54) is 36.8 Å². The number of hydrogen-bond donors (Lipinski definition) is 18. The molecule has 4 fully saturated rings. The van der Waals surface area contributed by atoms with Gasteiger partial charge in [0.25, 0.3) is 0 Å². The number of nitrogens with zero attached hydrogens (tertiary/aromatic N) is 3. The van der Waals surface area contributed by atoms with Gasteiger partial charge in [-0.25, -0.2) is 4.98 Å². The highest BCUT2D eigenvalue weighted by molar-refractivity contribution is 8.77. The van der Waals surface area contributed by atoms with Gasteiger partial charge in [-0.3, -0.25) is 72.1 Å². The van der Waals surface area contributed by atoms with Crippen molar-refractivity contribution >= 4 is 132 Å². The summed E-state index contributed by atoms with van der Waals surface area (Å²) in [5.74, 6) is -14.9. The fourth-order valence-corrected chi connectivity index (χ4v) is 15.0. The van der Waals surface area contributed by atoms with Crippen LogP contribution in [0.5, 0.6) is 5.75 Å². The third kappa shape index (κ3) is 24.8. The van der Waals surface area contributed by atoms with E-state index in [4.69, 9.17) is 17.2 Å². The minimum Gasteiger partial charge on any atom is -0.508 e. The molecule has 0 radical (unpaired) electrons. The number of imidazole rings is 1.